The van der Waals surface area contributed by atoms with Crippen LogP contribution in [0.4, 0.5) is 11.4 Å². The second-order valence-corrected chi connectivity index (χ2v) is 4.22. The molecule has 0 saturated carbocycles. The summed E-state index contributed by atoms with van der Waals surface area (Å²) in [6.07, 6.45) is 3.27. The number of methoxy groups -OCH3 is 1. The molecule has 0 saturated heterocycles. The van der Waals surface area contributed by atoms with Crippen LogP contribution in [0, 0.1) is 0 Å². The van der Waals surface area contributed by atoms with Gasteiger partial charge in [0.25, 0.3) is 0 Å². The maximum absolute atomic E-state index is 11.8. The molecule has 2 rings (SSSR count). The number of carbonyl (C=O) groups is 1. The molecule has 0 aliphatic rings. The first-order chi connectivity index (χ1) is 9.13. The van der Waals surface area contributed by atoms with Gasteiger partial charge in [0.2, 0.25) is 0 Å². The Hall–Kier alpha value is -2.43. The van der Waals surface area contributed by atoms with Gasteiger partial charge in [-0.15, -0.1) is 0 Å². The topological polar surface area (TPSA) is 68.7 Å². The van der Waals surface area contributed by atoms with Crippen molar-refractivity contribution in [2.24, 2.45) is 0 Å². The van der Waals surface area contributed by atoms with Crippen molar-refractivity contribution in [3.63, 3.8) is 0 Å². The minimum atomic E-state index is -0.402. The van der Waals surface area contributed by atoms with E-state index in [0.717, 1.165) is 5.56 Å². The van der Waals surface area contributed by atoms with Gasteiger partial charge in [-0.2, -0.15) is 0 Å². The van der Waals surface area contributed by atoms with Gasteiger partial charge in [0, 0.05) is 19.2 Å². The van der Waals surface area contributed by atoms with Crippen LogP contribution >= 0.6 is 0 Å². The second kappa shape index (κ2) is 5.48. The third kappa shape index (κ3) is 2.70. The van der Waals surface area contributed by atoms with Gasteiger partial charge in [0.05, 0.1) is 36.6 Å². The molecule has 0 aliphatic carbocycles. The molecule has 1 aromatic heterocycles. The first-order valence-corrected chi connectivity index (χ1v) is 5.82. The molecule has 1 heterocycles. The second-order valence-electron chi connectivity index (χ2n) is 4.22. The van der Waals surface area contributed by atoms with E-state index in [9.17, 15) is 4.79 Å². The van der Waals surface area contributed by atoms with E-state index in [1.165, 1.54) is 7.11 Å². The monoisotopic (exact) mass is 260 g/mol. The molecule has 100 valence electrons. The molecule has 0 atom stereocenters. The van der Waals surface area contributed by atoms with Crippen LogP contribution in [0.5, 0.6) is 0 Å². The molecule has 0 aliphatic heterocycles. The molecule has 0 amide bonds. The molecule has 0 fully saturated rings. The molecule has 5 heteroatoms. The van der Waals surface area contributed by atoms with Gasteiger partial charge in [0.1, 0.15) is 0 Å². The summed E-state index contributed by atoms with van der Waals surface area (Å²) in [5.41, 5.74) is 8.62. The van der Waals surface area contributed by atoms with Crippen molar-refractivity contribution in [2.75, 3.05) is 24.8 Å². The van der Waals surface area contributed by atoms with Crippen LogP contribution in [0.15, 0.2) is 41.2 Å². The van der Waals surface area contributed by atoms with Gasteiger partial charge in [-0.3, -0.25) is 0 Å². The van der Waals surface area contributed by atoms with Crippen molar-refractivity contribution >= 4 is 17.3 Å². The van der Waals surface area contributed by atoms with E-state index < -0.39 is 5.97 Å². The predicted molar refractivity (Wildman–Crippen MR) is 73.0 cm³/mol. The van der Waals surface area contributed by atoms with Gasteiger partial charge in [-0.05, 0) is 18.2 Å². The molecule has 2 aromatic rings. The van der Waals surface area contributed by atoms with Crippen molar-refractivity contribution in [3.05, 3.63) is 47.9 Å². The highest BCUT2D eigenvalue weighted by Crippen LogP contribution is 2.28. The fourth-order valence-electron chi connectivity index (χ4n) is 2.00. The summed E-state index contributed by atoms with van der Waals surface area (Å²) < 4.78 is 9.81. The van der Waals surface area contributed by atoms with E-state index in [4.69, 9.17) is 14.9 Å². The number of nitrogen functional groups attached to an aromatic ring is 1. The molecule has 1 aromatic carbocycles. The number of carbonyl (C=O) groups excluding carboxylic acids is 1. The minimum Gasteiger partial charge on any atom is -0.472 e. The van der Waals surface area contributed by atoms with Gasteiger partial charge in [0.15, 0.2) is 0 Å². The lowest BCUT2D eigenvalue weighted by atomic mass is 10.1. The number of anilines is 2. The van der Waals surface area contributed by atoms with Crippen LogP contribution in [0.25, 0.3) is 0 Å². The number of esters is 1. The quantitative estimate of drug-likeness (QED) is 0.674. The predicted octanol–water partition coefficient (Wildman–Crippen LogP) is 2.28. The highest BCUT2D eigenvalue weighted by atomic mass is 16.5. The van der Waals surface area contributed by atoms with Crippen molar-refractivity contribution < 1.29 is 13.9 Å². The summed E-state index contributed by atoms with van der Waals surface area (Å²) in [7, 11) is 3.22. The van der Waals surface area contributed by atoms with Crippen LogP contribution < -0.4 is 10.6 Å². The average molecular weight is 260 g/mol. The molecule has 0 bridgehead atoms. The molecule has 2 N–H and O–H groups in total. The van der Waals surface area contributed by atoms with E-state index in [1.54, 1.807) is 30.7 Å². The fraction of sp³-hybridized carbons (Fsp3) is 0.214. The Balaban J connectivity index is 2.34. The smallest absolute Gasteiger partial charge is 0.340 e. The lowest BCUT2D eigenvalue weighted by molar-refractivity contribution is 0.0601. The average Bonchev–Trinajstić information content (AvgIpc) is 2.90. The Morgan fingerprint density at radius 3 is 2.84 bits per heavy atom. The van der Waals surface area contributed by atoms with Gasteiger partial charge < -0.3 is 19.8 Å². The molecule has 0 unspecified atom stereocenters. The highest BCUT2D eigenvalue weighted by Gasteiger charge is 2.17. The molecule has 0 radical (unpaired) electrons. The number of ether oxygens (including phenoxy) is 1. The summed E-state index contributed by atoms with van der Waals surface area (Å²) in [5, 5.41) is 0. The van der Waals surface area contributed by atoms with Crippen LogP contribution in [0.1, 0.15) is 15.9 Å². The van der Waals surface area contributed by atoms with Gasteiger partial charge >= 0.3 is 5.97 Å². The number of hydrogen-bond donors (Lipinski definition) is 1. The molecule has 0 spiro atoms. The first-order valence-electron chi connectivity index (χ1n) is 5.82. The Morgan fingerprint density at radius 1 is 1.42 bits per heavy atom. The first kappa shape index (κ1) is 13.0. The SMILES string of the molecule is COC(=O)c1cccc(N)c1N(C)Cc1ccoc1. The Bertz CT molecular complexity index is 564. The van der Waals surface area contributed by atoms with Crippen LogP contribution in [-0.2, 0) is 11.3 Å². The number of benzene rings is 1. The zero-order valence-electron chi connectivity index (χ0n) is 10.9. The fourth-order valence-corrected chi connectivity index (χ4v) is 2.00. The number of hydrogen-bond acceptors (Lipinski definition) is 5. The standard InChI is InChI=1S/C14H16N2O3/c1-16(8-10-6-7-19-9-10)13-11(14(17)18-2)4-3-5-12(13)15/h3-7,9H,8,15H2,1-2H3. The Kier molecular flexibility index (Phi) is 3.75. The van der Waals surface area contributed by atoms with E-state index >= 15 is 0 Å². The minimum absolute atomic E-state index is 0.402. The van der Waals surface area contributed by atoms with E-state index in [2.05, 4.69) is 0 Å². The Morgan fingerprint density at radius 2 is 2.21 bits per heavy atom. The molecule has 5 nitrogen and oxygen atoms in total. The number of nitrogens with two attached hydrogens (primary N) is 1. The Labute approximate surface area is 111 Å². The van der Waals surface area contributed by atoms with E-state index in [-0.39, 0.29) is 0 Å². The lowest BCUT2D eigenvalue weighted by Crippen LogP contribution is -2.21. The van der Waals surface area contributed by atoms with Crippen LogP contribution in [-0.4, -0.2) is 20.1 Å². The summed E-state index contributed by atoms with van der Waals surface area (Å²) in [4.78, 5) is 13.7. The molecule has 19 heavy (non-hydrogen) atoms. The summed E-state index contributed by atoms with van der Waals surface area (Å²) >= 11 is 0. The van der Waals surface area contributed by atoms with Gasteiger partial charge in [-0.25, -0.2) is 4.79 Å². The van der Waals surface area contributed by atoms with Crippen molar-refractivity contribution in [1.82, 2.24) is 0 Å². The molecular weight excluding hydrogens is 244 g/mol. The van der Waals surface area contributed by atoms with E-state index in [0.29, 0.717) is 23.5 Å². The number of rotatable bonds is 4. The lowest BCUT2D eigenvalue weighted by Gasteiger charge is -2.22. The van der Waals surface area contributed by atoms with Gasteiger partial charge in [-0.1, -0.05) is 6.07 Å². The zero-order chi connectivity index (χ0) is 13.8. The van der Waals surface area contributed by atoms with Crippen LogP contribution in [0.2, 0.25) is 0 Å². The number of para-hydroxylation sites is 1. The summed E-state index contributed by atoms with van der Waals surface area (Å²) in [5.74, 6) is -0.402. The van der Waals surface area contributed by atoms with Crippen molar-refractivity contribution in [1.29, 1.82) is 0 Å². The molecular formula is C14H16N2O3. The van der Waals surface area contributed by atoms with Crippen LogP contribution in [0.3, 0.4) is 0 Å². The highest BCUT2D eigenvalue weighted by molar-refractivity contribution is 5.99. The number of furan rings is 1. The third-order valence-electron chi connectivity index (χ3n) is 2.85. The maximum Gasteiger partial charge on any atom is 0.340 e. The largest absolute Gasteiger partial charge is 0.472 e. The normalized spacial score (nSPS) is 10.2. The zero-order valence-corrected chi connectivity index (χ0v) is 10.9. The summed E-state index contributed by atoms with van der Waals surface area (Å²) in [6.45, 7) is 0.592. The number of nitrogens with zero attached hydrogens (tertiary/aromatic N) is 1. The third-order valence-corrected chi connectivity index (χ3v) is 2.85. The van der Waals surface area contributed by atoms with E-state index in [1.807, 2.05) is 18.0 Å². The summed E-state index contributed by atoms with van der Waals surface area (Å²) in [6, 6.07) is 7.06. The van der Waals surface area contributed by atoms with Crippen molar-refractivity contribution in [2.45, 2.75) is 6.54 Å². The van der Waals surface area contributed by atoms with Crippen molar-refractivity contribution in [3.8, 4) is 0 Å². The maximum atomic E-state index is 11.8.